The van der Waals surface area contributed by atoms with Crippen LogP contribution in [0, 0.1) is 11.7 Å². The summed E-state index contributed by atoms with van der Waals surface area (Å²) in [7, 11) is 0. The van der Waals surface area contributed by atoms with Gasteiger partial charge in [-0.25, -0.2) is 9.18 Å². The molecule has 1 unspecified atom stereocenters. The van der Waals surface area contributed by atoms with Gasteiger partial charge in [0.1, 0.15) is 5.82 Å². The van der Waals surface area contributed by atoms with Crippen molar-refractivity contribution in [3.05, 3.63) is 41.2 Å². The zero-order chi connectivity index (χ0) is 15.1. The number of carboxylic acids is 1. The molecule has 0 saturated carbocycles. The summed E-state index contributed by atoms with van der Waals surface area (Å²) in [4.78, 5) is 22.2. The number of aliphatic carboxylic acids is 1. The number of hydrogen-bond donors (Lipinski definition) is 2. The van der Waals surface area contributed by atoms with Gasteiger partial charge >= 0.3 is 5.97 Å². The largest absolute Gasteiger partial charge is 0.478 e. The summed E-state index contributed by atoms with van der Waals surface area (Å²) >= 11 is 0. The summed E-state index contributed by atoms with van der Waals surface area (Å²) in [6, 6.07) is 3.96. The fourth-order valence-electron chi connectivity index (χ4n) is 1.48. The van der Waals surface area contributed by atoms with Crippen LogP contribution in [0.15, 0.2) is 24.3 Å². The minimum absolute atomic E-state index is 0.130. The average Bonchev–Trinajstić information content (AvgIpc) is 2.42. The molecule has 0 bridgehead atoms. The quantitative estimate of drug-likeness (QED) is 0.787. The average molecular weight is 279 g/mol. The van der Waals surface area contributed by atoms with Crippen LogP contribution >= 0.6 is 0 Å². The highest BCUT2D eigenvalue weighted by molar-refractivity contribution is 5.94. The zero-order valence-corrected chi connectivity index (χ0v) is 11.5. The van der Waals surface area contributed by atoms with Crippen LogP contribution in [0.5, 0.6) is 0 Å². The highest BCUT2D eigenvalue weighted by Gasteiger charge is 2.09. The lowest BCUT2D eigenvalue weighted by Gasteiger charge is -2.10. The van der Waals surface area contributed by atoms with Gasteiger partial charge in [0.2, 0.25) is 0 Å². The summed E-state index contributed by atoms with van der Waals surface area (Å²) < 4.78 is 13.7. The van der Waals surface area contributed by atoms with Crippen LogP contribution in [0.3, 0.4) is 0 Å². The molecule has 0 heterocycles. The molecule has 0 aliphatic heterocycles. The Labute approximate surface area is 117 Å². The van der Waals surface area contributed by atoms with E-state index in [0.717, 1.165) is 24.6 Å². The molecule has 1 aromatic carbocycles. The van der Waals surface area contributed by atoms with Crippen molar-refractivity contribution >= 4 is 18.0 Å². The Kier molecular flexibility index (Phi) is 5.90. The van der Waals surface area contributed by atoms with E-state index in [1.54, 1.807) is 0 Å². The summed E-state index contributed by atoms with van der Waals surface area (Å²) in [5.74, 6) is -1.75. The third kappa shape index (κ3) is 4.84. The normalized spacial score (nSPS) is 12.3. The van der Waals surface area contributed by atoms with Gasteiger partial charge in [0.05, 0.1) is 0 Å². The van der Waals surface area contributed by atoms with Crippen molar-refractivity contribution in [2.75, 3.05) is 6.54 Å². The number of carbonyl (C=O) groups excluding carboxylic acids is 1. The minimum Gasteiger partial charge on any atom is -0.478 e. The Morgan fingerprint density at radius 1 is 1.45 bits per heavy atom. The maximum Gasteiger partial charge on any atom is 0.328 e. The van der Waals surface area contributed by atoms with E-state index in [9.17, 15) is 14.0 Å². The molecule has 1 rings (SSSR count). The maximum absolute atomic E-state index is 13.7. The van der Waals surface area contributed by atoms with Gasteiger partial charge in [-0.15, -0.1) is 0 Å². The number of halogens is 1. The molecule has 1 aromatic rings. The lowest BCUT2D eigenvalue weighted by Crippen LogP contribution is -2.28. The van der Waals surface area contributed by atoms with E-state index in [-0.39, 0.29) is 17.0 Å². The van der Waals surface area contributed by atoms with Crippen LogP contribution in [0.4, 0.5) is 4.39 Å². The van der Waals surface area contributed by atoms with E-state index in [0.29, 0.717) is 12.5 Å². The topological polar surface area (TPSA) is 66.4 Å². The molecule has 1 atom stereocenters. The first kappa shape index (κ1) is 15.9. The van der Waals surface area contributed by atoms with Crippen molar-refractivity contribution < 1.29 is 19.1 Å². The SMILES string of the molecule is CCC(C)CNC(=O)c1ccc(C=CC(=O)O)c(F)c1. The number of carboxylic acid groups (broad SMARTS) is 1. The first-order chi connectivity index (χ1) is 9.43. The summed E-state index contributed by atoms with van der Waals surface area (Å²) in [6.07, 6.45) is 2.95. The van der Waals surface area contributed by atoms with E-state index in [4.69, 9.17) is 5.11 Å². The van der Waals surface area contributed by atoms with Crippen LogP contribution in [0.25, 0.3) is 6.08 Å². The summed E-state index contributed by atoms with van der Waals surface area (Å²) in [5.41, 5.74) is 0.351. The summed E-state index contributed by atoms with van der Waals surface area (Å²) in [5, 5.41) is 11.2. The van der Waals surface area contributed by atoms with E-state index in [2.05, 4.69) is 5.32 Å². The second-order valence-electron chi connectivity index (χ2n) is 4.63. The Bertz CT molecular complexity index is 526. The molecule has 0 saturated heterocycles. The van der Waals surface area contributed by atoms with Gasteiger partial charge in [0.25, 0.3) is 5.91 Å². The van der Waals surface area contributed by atoms with Crippen molar-refractivity contribution in [3.63, 3.8) is 0 Å². The second kappa shape index (κ2) is 7.43. The number of carbonyl (C=O) groups is 2. The fourth-order valence-corrected chi connectivity index (χ4v) is 1.48. The number of hydrogen-bond acceptors (Lipinski definition) is 2. The van der Waals surface area contributed by atoms with E-state index >= 15 is 0 Å². The monoisotopic (exact) mass is 279 g/mol. The molecule has 1 amide bonds. The van der Waals surface area contributed by atoms with Gasteiger partial charge in [0.15, 0.2) is 0 Å². The molecule has 0 radical (unpaired) electrons. The smallest absolute Gasteiger partial charge is 0.328 e. The van der Waals surface area contributed by atoms with E-state index in [1.165, 1.54) is 12.1 Å². The molecule has 2 N–H and O–H groups in total. The first-order valence-electron chi connectivity index (χ1n) is 6.42. The van der Waals surface area contributed by atoms with Crippen molar-refractivity contribution in [1.29, 1.82) is 0 Å². The van der Waals surface area contributed by atoms with Crippen LogP contribution in [-0.2, 0) is 4.79 Å². The van der Waals surface area contributed by atoms with Crippen molar-refractivity contribution in [2.45, 2.75) is 20.3 Å². The lowest BCUT2D eigenvalue weighted by molar-refractivity contribution is -0.131. The Balaban J connectivity index is 2.76. The summed E-state index contributed by atoms with van der Waals surface area (Å²) in [6.45, 7) is 4.58. The molecule has 0 aromatic heterocycles. The molecule has 20 heavy (non-hydrogen) atoms. The van der Waals surface area contributed by atoms with Gasteiger partial charge in [-0.3, -0.25) is 4.79 Å². The minimum atomic E-state index is -1.15. The predicted molar refractivity (Wildman–Crippen MR) is 74.9 cm³/mol. The Hall–Kier alpha value is -2.17. The lowest BCUT2D eigenvalue weighted by atomic mass is 10.1. The van der Waals surface area contributed by atoms with Gasteiger partial charge in [-0.05, 0) is 24.1 Å². The molecule has 0 aliphatic carbocycles. The fraction of sp³-hybridized carbons (Fsp3) is 0.333. The molecule has 0 spiro atoms. The molecule has 108 valence electrons. The van der Waals surface area contributed by atoms with Crippen LogP contribution in [0.2, 0.25) is 0 Å². The van der Waals surface area contributed by atoms with Gasteiger partial charge < -0.3 is 10.4 Å². The standard InChI is InChI=1S/C15H18FNO3/c1-3-10(2)9-17-15(20)12-5-4-11(13(16)8-12)6-7-14(18)19/h4-8,10H,3,9H2,1-2H3,(H,17,20)(H,18,19). The molecule has 0 aliphatic rings. The van der Waals surface area contributed by atoms with Crippen LogP contribution < -0.4 is 5.32 Å². The van der Waals surface area contributed by atoms with Gasteiger partial charge in [-0.1, -0.05) is 26.3 Å². The molecule has 4 nitrogen and oxygen atoms in total. The molecular weight excluding hydrogens is 261 g/mol. The van der Waals surface area contributed by atoms with Crippen molar-refractivity contribution in [2.24, 2.45) is 5.92 Å². The molecular formula is C15H18FNO3. The van der Waals surface area contributed by atoms with Crippen molar-refractivity contribution in [3.8, 4) is 0 Å². The van der Waals surface area contributed by atoms with Crippen molar-refractivity contribution in [1.82, 2.24) is 5.32 Å². The predicted octanol–water partition coefficient (Wildman–Crippen LogP) is 2.70. The van der Waals surface area contributed by atoms with E-state index < -0.39 is 11.8 Å². The second-order valence-corrected chi connectivity index (χ2v) is 4.63. The third-order valence-corrected chi connectivity index (χ3v) is 2.98. The highest BCUT2D eigenvalue weighted by Crippen LogP contribution is 2.12. The molecule has 5 heteroatoms. The van der Waals surface area contributed by atoms with Crippen LogP contribution in [-0.4, -0.2) is 23.5 Å². The number of rotatable bonds is 6. The van der Waals surface area contributed by atoms with Crippen LogP contribution in [0.1, 0.15) is 36.2 Å². The number of benzene rings is 1. The first-order valence-corrected chi connectivity index (χ1v) is 6.42. The van der Waals surface area contributed by atoms with Gasteiger partial charge in [0, 0.05) is 23.7 Å². The molecule has 0 fully saturated rings. The number of amides is 1. The Morgan fingerprint density at radius 2 is 2.15 bits per heavy atom. The Morgan fingerprint density at radius 3 is 2.70 bits per heavy atom. The zero-order valence-electron chi connectivity index (χ0n) is 11.5. The third-order valence-electron chi connectivity index (χ3n) is 2.98. The van der Waals surface area contributed by atoms with Gasteiger partial charge in [-0.2, -0.15) is 0 Å². The maximum atomic E-state index is 13.7. The number of nitrogens with one attached hydrogen (secondary N) is 1. The highest BCUT2D eigenvalue weighted by atomic mass is 19.1. The van der Waals surface area contributed by atoms with E-state index in [1.807, 2.05) is 13.8 Å².